The SMILES string of the molecule is CCOc1ccc(-n2c(C)cc(C=Nn3c(-c4cc(OC)c(OC)c(OC)c4)csc3=Nc3cccnc3)c2C)cc1. The van der Waals surface area contributed by atoms with E-state index in [-0.39, 0.29) is 0 Å². The number of methoxy groups -OCH3 is 3. The summed E-state index contributed by atoms with van der Waals surface area (Å²) in [6.45, 7) is 6.79. The van der Waals surface area contributed by atoms with Crippen LogP contribution in [0.15, 0.2) is 82.5 Å². The minimum atomic E-state index is 0.524. The van der Waals surface area contributed by atoms with Gasteiger partial charge in [0.2, 0.25) is 10.6 Å². The number of aryl methyl sites for hydroxylation is 1. The van der Waals surface area contributed by atoms with Gasteiger partial charge in [-0.05, 0) is 75.4 Å². The van der Waals surface area contributed by atoms with Crippen molar-refractivity contribution in [2.45, 2.75) is 20.8 Å². The van der Waals surface area contributed by atoms with Gasteiger partial charge in [-0.15, -0.1) is 11.3 Å². The highest BCUT2D eigenvalue weighted by molar-refractivity contribution is 7.07. The van der Waals surface area contributed by atoms with E-state index in [0.717, 1.165) is 45.3 Å². The molecule has 10 heteroatoms. The van der Waals surface area contributed by atoms with E-state index in [1.165, 1.54) is 11.3 Å². The summed E-state index contributed by atoms with van der Waals surface area (Å²) in [5.41, 5.74) is 6.59. The number of hydrogen-bond acceptors (Lipinski definition) is 8. The Morgan fingerprint density at radius 1 is 0.952 bits per heavy atom. The van der Waals surface area contributed by atoms with Gasteiger partial charge in [0, 0.05) is 39.8 Å². The molecule has 0 radical (unpaired) electrons. The normalized spacial score (nSPS) is 11.7. The molecule has 0 fully saturated rings. The lowest BCUT2D eigenvalue weighted by molar-refractivity contribution is 0.324. The van der Waals surface area contributed by atoms with E-state index in [0.29, 0.717) is 28.7 Å². The molecule has 0 spiro atoms. The predicted octanol–water partition coefficient (Wildman–Crippen LogP) is 6.56. The van der Waals surface area contributed by atoms with Crippen LogP contribution in [0.25, 0.3) is 16.9 Å². The first-order valence-electron chi connectivity index (χ1n) is 13.4. The third kappa shape index (κ3) is 5.80. The van der Waals surface area contributed by atoms with Crippen LogP contribution in [-0.4, -0.2) is 48.4 Å². The number of hydrogen-bond donors (Lipinski definition) is 0. The molecule has 0 atom stereocenters. The number of rotatable bonds is 10. The van der Waals surface area contributed by atoms with Gasteiger partial charge in [-0.1, -0.05) is 0 Å². The maximum Gasteiger partial charge on any atom is 0.211 e. The topological polar surface area (TPSA) is 84.4 Å². The number of pyridine rings is 1. The van der Waals surface area contributed by atoms with Gasteiger partial charge in [0.25, 0.3) is 0 Å². The molecule has 0 amide bonds. The molecule has 3 aromatic heterocycles. The van der Waals surface area contributed by atoms with Crippen LogP contribution >= 0.6 is 11.3 Å². The molecule has 0 unspecified atom stereocenters. The smallest absolute Gasteiger partial charge is 0.211 e. The molecular weight excluding hydrogens is 550 g/mol. The van der Waals surface area contributed by atoms with Gasteiger partial charge in [0.15, 0.2) is 11.5 Å². The minimum absolute atomic E-state index is 0.524. The molecule has 0 N–H and O–H groups in total. The Morgan fingerprint density at radius 2 is 1.69 bits per heavy atom. The Kier molecular flexibility index (Phi) is 8.73. The largest absolute Gasteiger partial charge is 0.494 e. The highest BCUT2D eigenvalue weighted by atomic mass is 32.1. The van der Waals surface area contributed by atoms with Crippen LogP contribution in [0.5, 0.6) is 23.0 Å². The molecule has 3 heterocycles. The highest BCUT2D eigenvalue weighted by Crippen LogP contribution is 2.41. The maximum absolute atomic E-state index is 5.62. The van der Waals surface area contributed by atoms with Crippen molar-refractivity contribution >= 4 is 23.2 Å². The van der Waals surface area contributed by atoms with Crippen LogP contribution in [0, 0.1) is 13.8 Å². The quantitative estimate of drug-likeness (QED) is 0.174. The molecule has 0 aliphatic heterocycles. The summed E-state index contributed by atoms with van der Waals surface area (Å²) in [6, 6.07) is 17.8. The molecule has 5 aromatic rings. The van der Waals surface area contributed by atoms with Gasteiger partial charge in [0.05, 0.1) is 51.7 Å². The molecule has 0 aliphatic rings. The molecule has 9 nitrogen and oxygen atoms in total. The average Bonchev–Trinajstić information content (AvgIpc) is 3.54. The number of benzene rings is 2. The van der Waals surface area contributed by atoms with Gasteiger partial charge < -0.3 is 23.5 Å². The van der Waals surface area contributed by atoms with Gasteiger partial charge in [-0.2, -0.15) is 5.10 Å². The first kappa shape index (κ1) is 28.7. The Hall–Kier alpha value is -4.83. The molecule has 2 aromatic carbocycles. The Labute approximate surface area is 249 Å². The van der Waals surface area contributed by atoms with Crippen LogP contribution in [0.2, 0.25) is 0 Å². The standard InChI is InChI=1S/C32H33N5O4S/c1-7-41-27-12-10-26(11-13-27)36-21(2)15-24(22(36)3)18-34-37-28(20-42-32(37)35-25-9-8-14-33-19-25)23-16-29(38-4)31(40-6)30(17-23)39-5/h8-20H,7H2,1-6H3. The third-order valence-corrected chi connectivity index (χ3v) is 7.52. The molecule has 0 aliphatic carbocycles. The maximum atomic E-state index is 5.62. The fraction of sp³-hybridized carbons (Fsp3) is 0.219. The van der Waals surface area contributed by atoms with Crippen LogP contribution < -0.4 is 23.7 Å². The van der Waals surface area contributed by atoms with Gasteiger partial charge in [-0.3, -0.25) is 4.98 Å². The van der Waals surface area contributed by atoms with E-state index in [9.17, 15) is 0 Å². The molecular formula is C32H33N5O4S. The monoisotopic (exact) mass is 583 g/mol. The Morgan fingerprint density at radius 3 is 2.31 bits per heavy atom. The van der Waals surface area contributed by atoms with Gasteiger partial charge >= 0.3 is 0 Å². The van der Waals surface area contributed by atoms with Crippen molar-refractivity contribution < 1.29 is 18.9 Å². The molecule has 0 saturated carbocycles. The first-order valence-corrected chi connectivity index (χ1v) is 14.3. The Balaban J connectivity index is 1.62. The zero-order valence-electron chi connectivity index (χ0n) is 24.5. The second kappa shape index (κ2) is 12.8. The average molecular weight is 584 g/mol. The summed E-state index contributed by atoms with van der Waals surface area (Å²) in [7, 11) is 4.79. The second-order valence-electron chi connectivity index (χ2n) is 9.29. The van der Waals surface area contributed by atoms with E-state index in [4.69, 9.17) is 29.0 Å². The molecule has 0 saturated heterocycles. The zero-order chi connectivity index (χ0) is 29.6. The summed E-state index contributed by atoms with van der Waals surface area (Å²) in [5.74, 6) is 2.48. The first-order chi connectivity index (χ1) is 20.5. The van der Waals surface area contributed by atoms with Crippen LogP contribution in [0.1, 0.15) is 23.9 Å². The van der Waals surface area contributed by atoms with E-state index in [1.807, 2.05) is 59.6 Å². The molecule has 5 rings (SSSR count). The lowest BCUT2D eigenvalue weighted by Gasteiger charge is -2.14. The number of aromatic nitrogens is 3. The number of nitrogens with zero attached hydrogens (tertiary/aromatic N) is 5. The summed E-state index contributed by atoms with van der Waals surface area (Å²) < 4.78 is 26.4. The lowest BCUT2D eigenvalue weighted by atomic mass is 10.1. The van der Waals surface area contributed by atoms with Crippen molar-refractivity contribution in [2.75, 3.05) is 27.9 Å². The summed E-state index contributed by atoms with van der Waals surface area (Å²) in [5, 5.41) is 6.96. The van der Waals surface area contributed by atoms with Gasteiger partial charge in [-0.25, -0.2) is 9.67 Å². The van der Waals surface area contributed by atoms with Crippen molar-refractivity contribution in [3.63, 3.8) is 0 Å². The van der Waals surface area contributed by atoms with Crippen LogP contribution in [-0.2, 0) is 0 Å². The van der Waals surface area contributed by atoms with E-state index >= 15 is 0 Å². The van der Waals surface area contributed by atoms with Crippen molar-refractivity contribution in [3.05, 3.63) is 94.1 Å². The van der Waals surface area contributed by atoms with E-state index in [2.05, 4.69) is 41.6 Å². The van der Waals surface area contributed by atoms with Crippen molar-refractivity contribution in [1.29, 1.82) is 0 Å². The van der Waals surface area contributed by atoms with Crippen molar-refractivity contribution in [1.82, 2.24) is 14.2 Å². The second-order valence-corrected chi connectivity index (χ2v) is 10.1. The van der Waals surface area contributed by atoms with Crippen LogP contribution in [0.3, 0.4) is 0 Å². The highest BCUT2D eigenvalue weighted by Gasteiger charge is 2.17. The summed E-state index contributed by atoms with van der Waals surface area (Å²) in [4.78, 5) is 9.73. The third-order valence-electron chi connectivity index (χ3n) is 6.70. The van der Waals surface area contributed by atoms with E-state index < -0.39 is 0 Å². The zero-order valence-corrected chi connectivity index (χ0v) is 25.3. The number of thiazole rings is 1. The lowest BCUT2D eigenvalue weighted by Crippen LogP contribution is -2.12. The fourth-order valence-electron chi connectivity index (χ4n) is 4.74. The van der Waals surface area contributed by atoms with Gasteiger partial charge in [0.1, 0.15) is 5.75 Å². The predicted molar refractivity (Wildman–Crippen MR) is 166 cm³/mol. The molecule has 42 heavy (non-hydrogen) atoms. The van der Waals surface area contributed by atoms with Crippen LogP contribution in [0.4, 0.5) is 5.69 Å². The minimum Gasteiger partial charge on any atom is -0.494 e. The van der Waals surface area contributed by atoms with Crippen molar-refractivity contribution in [3.8, 4) is 39.9 Å². The summed E-state index contributed by atoms with van der Waals surface area (Å²) in [6.07, 6.45) is 5.31. The molecule has 0 bridgehead atoms. The number of ether oxygens (including phenoxy) is 4. The van der Waals surface area contributed by atoms with Crippen molar-refractivity contribution in [2.24, 2.45) is 10.1 Å². The molecule has 216 valence electrons. The Bertz CT molecular complexity index is 1740. The fourth-order valence-corrected chi connectivity index (χ4v) is 5.60. The summed E-state index contributed by atoms with van der Waals surface area (Å²) >= 11 is 1.48. The van der Waals surface area contributed by atoms with E-state index in [1.54, 1.807) is 33.7 Å².